The zero-order valence-corrected chi connectivity index (χ0v) is 19.5. The number of nitrogens with zero attached hydrogens (tertiary/aromatic N) is 1. The SMILES string of the molecule is C=C(NOCc1ccccc1C(=NOC)C(=O)NC)C1(c2ccccc2)CC1c1ccccc1. The van der Waals surface area contributed by atoms with Crippen molar-refractivity contribution < 1.29 is 14.5 Å². The van der Waals surface area contributed by atoms with Gasteiger partial charge in [0.2, 0.25) is 0 Å². The highest BCUT2D eigenvalue weighted by Crippen LogP contribution is 2.63. The topological polar surface area (TPSA) is 71.9 Å². The highest BCUT2D eigenvalue weighted by Gasteiger charge is 2.58. The Kier molecular flexibility index (Phi) is 7.09. The smallest absolute Gasteiger partial charge is 0.273 e. The molecule has 0 heterocycles. The Labute approximate surface area is 200 Å². The third-order valence-electron chi connectivity index (χ3n) is 6.31. The summed E-state index contributed by atoms with van der Waals surface area (Å²) in [5.74, 6) is -0.0148. The molecule has 0 saturated heterocycles. The predicted octanol–water partition coefficient (Wildman–Crippen LogP) is 4.44. The van der Waals surface area contributed by atoms with E-state index in [-0.39, 0.29) is 23.6 Å². The second kappa shape index (κ2) is 10.4. The zero-order valence-electron chi connectivity index (χ0n) is 19.5. The highest BCUT2D eigenvalue weighted by atomic mass is 16.6. The Morgan fingerprint density at radius 1 is 1.03 bits per heavy atom. The van der Waals surface area contributed by atoms with Crippen LogP contribution >= 0.6 is 0 Å². The molecule has 34 heavy (non-hydrogen) atoms. The summed E-state index contributed by atoms with van der Waals surface area (Å²) < 4.78 is 0. The third kappa shape index (κ3) is 4.58. The largest absolute Gasteiger partial charge is 0.398 e. The first-order valence-electron chi connectivity index (χ1n) is 11.2. The van der Waals surface area contributed by atoms with Crippen LogP contribution in [0.15, 0.2) is 102 Å². The summed E-state index contributed by atoms with van der Waals surface area (Å²) in [6.07, 6.45) is 0.953. The van der Waals surface area contributed by atoms with E-state index in [1.54, 1.807) is 7.05 Å². The quantitative estimate of drug-likeness (QED) is 0.350. The van der Waals surface area contributed by atoms with Crippen LogP contribution in [0.25, 0.3) is 0 Å². The molecule has 1 aliphatic carbocycles. The van der Waals surface area contributed by atoms with E-state index < -0.39 is 0 Å². The number of carbonyl (C=O) groups is 1. The molecule has 0 bridgehead atoms. The molecule has 2 atom stereocenters. The lowest BCUT2D eigenvalue weighted by molar-refractivity contribution is -0.114. The fourth-order valence-corrected chi connectivity index (χ4v) is 4.50. The number of allylic oxidation sites excluding steroid dienone is 1. The molecule has 3 aromatic carbocycles. The first-order valence-corrected chi connectivity index (χ1v) is 11.2. The minimum Gasteiger partial charge on any atom is -0.398 e. The summed E-state index contributed by atoms with van der Waals surface area (Å²) in [5, 5.41) is 6.51. The second-order valence-electron chi connectivity index (χ2n) is 8.23. The van der Waals surface area contributed by atoms with Crippen LogP contribution in [0.3, 0.4) is 0 Å². The number of oxime groups is 1. The maximum absolute atomic E-state index is 12.3. The van der Waals surface area contributed by atoms with Crippen LogP contribution in [0.2, 0.25) is 0 Å². The van der Waals surface area contributed by atoms with Gasteiger partial charge in [-0.2, -0.15) is 0 Å². The van der Waals surface area contributed by atoms with E-state index in [0.29, 0.717) is 11.5 Å². The van der Waals surface area contributed by atoms with Crippen molar-refractivity contribution in [1.29, 1.82) is 0 Å². The Morgan fingerprint density at radius 3 is 2.35 bits per heavy atom. The van der Waals surface area contributed by atoms with Gasteiger partial charge in [0.25, 0.3) is 5.91 Å². The molecule has 1 aliphatic rings. The van der Waals surface area contributed by atoms with Crippen LogP contribution in [-0.2, 0) is 26.5 Å². The molecule has 0 spiro atoms. The maximum Gasteiger partial charge on any atom is 0.273 e. The Morgan fingerprint density at radius 2 is 1.68 bits per heavy atom. The van der Waals surface area contributed by atoms with Gasteiger partial charge in [-0.15, -0.1) is 0 Å². The minimum atomic E-state index is -0.335. The van der Waals surface area contributed by atoms with Gasteiger partial charge >= 0.3 is 0 Å². The molecule has 1 amide bonds. The fraction of sp³-hybridized carbons (Fsp3) is 0.214. The summed E-state index contributed by atoms with van der Waals surface area (Å²) >= 11 is 0. The van der Waals surface area contributed by atoms with E-state index in [9.17, 15) is 4.79 Å². The van der Waals surface area contributed by atoms with E-state index in [4.69, 9.17) is 9.68 Å². The van der Waals surface area contributed by atoms with E-state index in [0.717, 1.165) is 17.7 Å². The number of nitrogens with one attached hydrogen (secondary N) is 2. The van der Waals surface area contributed by atoms with Crippen molar-refractivity contribution in [1.82, 2.24) is 10.8 Å². The normalized spacial score (nSPS) is 19.2. The van der Waals surface area contributed by atoms with Crippen LogP contribution in [0.5, 0.6) is 0 Å². The molecule has 2 unspecified atom stereocenters. The third-order valence-corrected chi connectivity index (χ3v) is 6.31. The molecule has 0 aliphatic heterocycles. The summed E-state index contributed by atoms with van der Waals surface area (Å²) in [6.45, 7) is 4.57. The summed E-state index contributed by atoms with van der Waals surface area (Å²) in [5.41, 5.74) is 7.79. The van der Waals surface area contributed by atoms with Gasteiger partial charge in [0, 0.05) is 29.6 Å². The van der Waals surface area contributed by atoms with E-state index >= 15 is 0 Å². The van der Waals surface area contributed by atoms with E-state index in [2.05, 4.69) is 71.1 Å². The molecule has 1 fully saturated rings. The number of likely N-dealkylation sites (N-methyl/N-ethyl adjacent to an activating group) is 1. The number of carbonyl (C=O) groups excluding carboxylic acids is 1. The molecule has 174 valence electrons. The fourth-order valence-electron chi connectivity index (χ4n) is 4.50. The number of hydroxylamine groups is 1. The first kappa shape index (κ1) is 23.3. The number of amides is 1. The summed E-state index contributed by atoms with van der Waals surface area (Å²) in [7, 11) is 2.97. The maximum atomic E-state index is 12.3. The summed E-state index contributed by atoms with van der Waals surface area (Å²) in [4.78, 5) is 23.1. The molecular formula is C28H29N3O3. The molecule has 1 saturated carbocycles. The summed E-state index contributed by atoms with van der Waals surface area (Å²) in [6, 6.07) is 28.3. The highest BCUT2D eigenvalue weighted by molar-refractivity contribution is 6.45. The van der Waals surface area contributed by atoms with Crippen molar-refractivity contribution in [3.63, 3.8) is 0 Å². The van der Waals surface area contributed by atoms with Crippen molar-refractivity contribution in [2.45, 2.75) is 24.4 Å². The number of hydrogen-bond donors (Lipinski definition) is 2. The van der Waals surface area contributed by atoms with Gasteiger partial charge in [0.15, 0.2) is 5.71 Å². The van der Waals surface area contributed by atoms with Crippen LogP contribution in [0.1, 0.15) is 34.6 Å². The average molecular weight is 456 g/mol. The van der Waals surface area contributed by atoms with Crippen LogP contribution in [-0.4, -0.2) is 25.8 Å². The van der Waals surface area contributed by atoms with Gasteiger partial charge < -0.3 is 10.2 Å². The predicted molar refractivity (Wildman–Crippen MR) is 133 cm³/mol. The lowest BCUT2D eigenvalue weighted by atomic mass is 9.88. The van der Waals surface area contributed by atoms with Crippen LogP contribution in [0.4, 0.5) is 0 Å². The van der Waals surface area contributed by atoms with Crippen molar-refractivity contribution in [3.05, 3.63) is 119 Å². The van der Waals surface area contributed by atoms with Crippen molar-refractivity contribution >= 4 is 11.6 Å². The molecular weight excluding hydrogens is 426 g/mol. The number of rotatable bonds is 10. The van der Waals surface area contributed by atoms with Gasteiger partial charge in [-0.25, -0.2) is 0 Å². The molecule has 2 N–H and O–H groups in total. The standard InChI is InChI=1S/C28H29N3O3/c1-20(28(23-15-8-5-9-16-23)18-25(28)21-12-6-4-7-13-21)30-34-19-22-14-10-11-17-24(22)26(31-33-3)27(32)29-2/h4-17,25,30H,1,18-19H2,2-3H3,(H,29,32). The number of hydrogen-bond acceptors (Lipinski definition) is 5. The molecule has 0 radical (unpaired) electrons. The van der Waals surface area contributed by atoms with Crippen molar-refractivity contribution in [2.75, 3.05) is 14.2 Å². The Balaban J connectivity index is 1.52. The molecule has 6 nitrogen and oxygen atoms in total. The Bertz CT molecular complexity index is 1180. The van der Waals surface area contributed by atoms with Crippen LogP contribution in [0, 0.1) is 0 Å². The van der Waals surface area contributed by atoms with Gasteiger partial charge in [0.05, 0.1) is 0 Å². The lowest BCUT2D eigenvalue weighted by Gasteiger charge is -2.23. The Hall–Kier alpha value is -3.90. The van der Waals surface area contributed by atoms with Gasteiger partial charge in [0.1, 0.15) is 13.7 Å². The van der Waals surface area contributed by atoms with Crippen LogP contribution < -0.4 is 10.8 Å². The molecule has 6 heteroatoms. The van der Waals surface area contributed by atoms with E-state index in [1.807, 2.05) is 36.4 Å². The van der Waals surface area contributed by atoms with Crippen molar-refractivity contribution in [2.24, 2.45) is 5.16 Å². The molecule has 4 rings (SSSR count). The first-order chi connectivity index (χ1) is 16.6. The molecule has 3 aromatic rings. The number of benzene rings is 3. The van der Waals surface area contributed by atoms with Gasteiger partial charge in [-0.3, -0.25) is 15.1 Å². The lowest BCUT2D eigenvalue weighted by Crippen LogP contribution is -2.30. The van der Waals surface area contributed by atoms with Crippen molar-refractivity contribution in [3.8, 4) is 0 Å². The zero-order chi connectivity index (χ0) is 24.0. The monoisotopic (exact) mass is 455 g/mol. The molecule has 0 aromatic heterocycles. The van der Waals surface area contributed by atoms with Gasteiger partial charge in [-0.05, 0) is 23.1 Å². The van der Waals surface area contributed by atoms with E-state index in [1.165, 1.54) is 18.2 Å². The average Bonchev–Trinajstić information content (AvgIpc) is 3.65. The van der Waals surface area contributed by atoms with Gasteiger partial charge in [-0.1, -0.05) is 96.7 Å². The second-order valence-corrected chi connectivity index (χ2v) is 8.23. The minimum absolute atomic E-state index is 0.190.